The molecule has 0 aliphatic carbocycles. The van der Waals surface area contributed by atoms with Gasteiger partial charge in [-0.3, -0.25) is 14.8 Å². The largest absolute Gasteiger partial charge is 0.367 e. The fourth-order valence-electron chi connectivity index (χ4n) is 3.48. The van der Waals surface area contributed by atoms with Crippen LogP contribution in [0.25, 0.3) is 0 Å². The lowest BCUT2D eigenvalue weighted by molar-refractivity contribution is -0.125. The van der Waals surface area contributed by atoms with Crippen LogP contribution in [0.4, 0.5) is 5.69 Å². The fraction of sp³-hybridized carbons (Fsp3) is 0.471. The number of hydrogen-bond donors (Lipinski definition) is 1. The van der Waals surface area contributed by atoms with E-state index in [1.54, 1.807) is 0 Å². The Bertz CT molecular complexity index is 717. The Morgan fingerprint density at radius 2 is 2.08 bits per heavy atom. The number of aryl methyl sites for hydroxylation is 1. The van der Waals surface area contributed by atoms with Crippen molar-refractivity contribution in [3.63, 3.8) is 0 Å². The first-order valence-corrected chi connectivity index (χ1v) is 8.33. The predicted molar refractivity (Wildman–Crippen MR) is 88.6 cm³/mol. The molecule has 4 rings (SSSR count). The average Bonchev–Trinajstić information content (AvgIpc) is 3.22. The lowest BCUT2D eigenvalue weighted by atomic mass is 10.1. The van der Waals surface area contributed by atoms with E-state index in [0.717, 1.165) is 31.0 Å². The van der Waals surface area contributed by atoms with E-state index in [1.807, 2.05) is 42.2 Å². The topological polar surface area (TPSA) is 74.3 Å². The molecule has 2 unspecified atom stereocenters. The summed E-state index contributed by atoms with van der Waals surface area (Å²) in [6.45, 7) is 4.63. The number of benzene rings is 1. The number of nitrogens with one attached hydrogen (secondary N) is 1. The highest BCUT2D eigenvalue weighted by Crippen LogP contribution is 2.27. The minimum atomic E-state index is -0.178. The lowest BCUT2D eigenvalue weighted by Gasteiger charge is -2.34. The highest BCUT2D eigenvalue weighted by molar-refractivity contribution is 5.99. The van der Waals surface area contributed by atoms with Gasteiger partial charge in [0, 0.05) is 25.3 Å². The normalized spacial score (nSPS) is 25.4. The zero-order valence-corrected chi connectivity index (χ0v) is 13.7. The van der Waals surface area contributed by atoms with Crippen LogP contribution in [0.1, 0.15) is 24.2 Å². The van der Waals surface area contributed by atoms with Gasteiger partial charge in [0.1, 0.15) is 11.9 Å². The first kappa shape index (κ1) is 15.3. The molecule has 24 heavy (non-hydrogen) atoms. The van der Waals surface area contributed by atoms with Crippen LogP contribution in [0.5, 0.6) is 0 Å². The smallest absolute Gasteiger partial charge is 0.244 e. The van der Waals surface area contributed by atoms with Gasteiger partial charge in [-0.2, -0.15) is 5.10 Å². The fourth-order valence-corrected chi connectivity index (χ4v) is 3.48. The second-order valence-corrected chi connectivity index (χ2v) is 6.26. The minimum absolute atomic E-state index is 0.0864. The zero-order chi connectivity index (χ0) is 16.5. The first-order valence-electron chi connectivity index (χ1n) is 8.33. The van der Waals surface area contributed by atoms with Gasteiger partial charge in [0.2, 0.25) is 5.91 Å². The third kappa shape index (κ3) is 2.81. The Hall–Kier alpha value is -2.25. The molecule has 2 aliphatic rings. The van der Waals surface area contributed by atoms with Crippen molar-refractivity contribution in [3.8, 4) is 0 Å². The Kier molecular flexibility index (Phi) is 4.03. The molecule has 7 nitrogen and oxygen atoms in total. The van der Waals surface area contributed by atoms with Crippen LogP contribution < -0.4 is 4.90 Å². The van der Waals surface area contributed by atoms with Crippen LogP contribution in [0.3, 0.4) is 0 Å². The van der Waals surface area contributed by atoms with Crippen LogP contribution >= 0.6 is 0 Å². The van der Waals surface area contributed by atoms with E-state index >= 15 is 0 Å². The third-order valence-electron chi connectivity index (χ3n) is 4.69. The molecule has 1 aromatic heterocycles. The van der Waals surface area contributed by atoms with Crippen LogP contribution in [0, 0.1) is 6.92 Å². The van der Waals surface area contributed by atoms with Gasteiger partial charge in [-0.1, -0.05) is 18.2 Å². The summed E-state index contributed by atoms with van der Waals surface area (Å²) >= 11 is 0. The molecule has 2 saturated heterocycles. The summed E-state index contributed by atoms with van der Waals surface area (Å²) in [6.07, 6.45) is 0.662. The van der Waals surface area contributed by atoms with E-state index in [2.05, 4.69) is 20.1 Å². The van der Waals surface area contributed by atoms with E-state index < -0.39 is 0 Å². The summed E-state index contributed by atoms with van der Waals surface area (Å²) in [5.74, 6) is 1.62. The Morgan fingerprint density at radius 3 is 2.83 bits per heavy atom. The molecule has 1 N–H and O–H groups in total. The summed E-state index contributed by atoms with van der Waals surface area (Å²) in [5.41, 5.74) is 0.972. The van der Waals surface area contributed by atoms with E-state index in [-0.39, 0.29) is 18.1 Å². The van der Waals surface area contributed by atoms with Crippen molar-refractivity contribution in [1.82, 2.24) is 20.1 Å². The van der Waals surface area contributed by atoms with E-state index in [4.69, 9.17) is 4.74 Å². The molecule has 0 saturated carbocycles. The molecule has 2 atom stereocenters. The average molecular weight is 327 g/mol. The number of aromatic amines is 1. The number of carbonyl (C=O) groups is 1. The number of nitrogens with zero attached hydrogens (tertiary/aromatic N) is 4. The van der Waals surface area contributed by atoms with Crippen LogP contribution in [0.2, 0.25) is 0 Å². The third-order valence-corrected chi connectivity index (χ3v) is 4.69. The van der Waals surface area contributed by atoms with E-state index in [9.17, 15) is 4.79 Å². The lowest BCUT2D eigenvalue weighted by Crippen LogP contribution is -2.48. The summed E-state index contributed by atoms with van der Waals surface area (Å²) < 4.78 is 5.80. The van der Waals surface area contributed by atoms with Gasteiger partial charge in [0.05, 0.1) is 12.6 Å². The maximum atomic E-state index is 12.9. The van der Waals surface area contributed by atoms with Gasteiger partial charge >= 0.3 is 0 Å². The number of para-hydroxylation sites is 1. The van der Waals surface area contributed by atoms with Gasteiger partial charge < -0.3 is 9.64 Å². The summed E-state index contributed by atoms with van der Waals surface area (Å²) in [5, 5.41) is 7.05. The number of anilines is 1. The molecule has 2 aromatic rings. The molecule has 2 fully saturated rings. The molecule has 126 valence electrons. The van der Waals surface area contributed by atoms with Gasteiger partial charge in [0.25, 0.3) is 0 Å². The summed E-state index contributed by atoms with van der Waals surface area (Å²) in [6, 6.07) is 9.78. The number of carbonyl (C=O) groups excluding carboxylic acids is 1. The molecule has 1 amide bonds. The summed E-state index contributed by atoms with van der Waals surface area (Å²) in [4.78, 5) is 21.3. The number of hydrogen-bond acceptors (Lipinski definition) is 5. The number of H-pyrrole nitrogens is 1. The monoisotopic (exact) mass is 327 g/mol. The zero-order valence-electron chi connectivity index (χ0n) is 13.7. The van der Waals surface area contributed by atoms with Crippen molar-refractivity contribution in [2.24, 2.45) is 0 Å². The van der Waals surface area contributed by atoms with Gasteiger partial charge in [0.15, 0.2) is 5.82 Å². The van der Waals surface area contributed by atoms with Crippen molar-refractivity contribution < 1.29 is 9.53 Å². The van der Waals surface area contributed by atoms with Crippen molar-refractivity contribution in [2.75, 3.05) is 31.1 Å². The standard InChI is InChI=1S/C17H21N5O2/c1-12-18-16(20-19-12)15-11-21(9-10-24-15)14-7-8-22(17(14)23)13-5-3-2-4-6-13/h2-6,14-15H,7-11H2,1H3,(H,18,19,20). The molecule has 1 aromatic carbocycles. The maximum absolute atomic E-state index is 12.9. The van der Waals surface area contributed by atoms with Gasteiger partial charge in [-0.25, -0.2) is 4.98 Å². The second kappa shape index (κ2) is 6.33. The number of rotatable bonds is 3. The molecule has 2 aliphatic heterocycles. The van der Waals surface area contributed by atoms with E-state index in [0.29, 0.717) is 19.0 Å². The molecular weight excluding hydrogens is 306 g/mol. The highest BCUT2D eigenvalue weighted by Gasteiger charge is 2.39. The van der Waals surface area contributed by atoms with E-state index in [1.165, 1.54) is 0 Å². The molecule has 0 radical (unpaired) electrons. The highest BCUT2D eigenvalue weighted by atomic mass is 16.5. The van der Waals surface area contributed by atoms with Crippen molar-refractivity contribution in [3.05, 3.63) is 42.0 Å². The number of aromatic nitrogens is 3. The number of amides is 1. The number of morpholine rings is 1. The minimum Gasteiger partial charge on any atom is -0.367 e. The molecule has 7 heteroatoms. The molecule has 0 bridgehead atoms. The Morgan fingerprint density at radius 1 is 1.25 bits per heavy atom. The SMILES string of the molecule is Cc1nc(C2CN(C3CCN(c4ccccc4)C3=O)CCO2)n[nH]1. The number of ether oxygens (including phenoxy) is 1. The van der Waals surface area contributed by atoms with Crippen LogP contribution in [-0.4, -0.2) is 58.3 Å². The van der Waals surface area contributed by atoms with Crippen molar-refractivity contribution in [2.45, 2.75) is 25.5 Å². The molecular formula is C17H21N5O2. The first-order chi connectivity index (χ1) is 11.7. The van der Waals surface area contributed by atoms with Crippen LogP contribution in [-0.2, 0) is 9.53 Å². The summed E-state index contributed by atoms with van der Waals surface area (Å²) in [7, 11) is 0. The van der Waals surface area contributed by atoms with Gasteiger partial charge in [-0.05, 0) is 25.5 Å². The predicted octanol–water partition coefficient (Wildman–Crippen LogP) is 1.29. The van der Waals surface area contributed by atoms with Crippen molar-refractivity contribution >= 4 is 11.6 Å². The quantitative estimate of drug-likeness (QED) is 0.919. The Balaban J connectivity index is 1.47. The van der Waals surface area contributed by atoms with Gasteiger partial charge in [-0.15, -0.1) is 0 Å². The second-order valence-electron chi connectivity index (χ2n) is 6.26. The van der Waals surface area contributed by atoms with Crippen LogP contribution in [0.15, 0.2) is 30.3 Å². The molecule has 3 heterocycles. The van der Waals surface area contributed by atoms with Crippen molar-refractivity contribution in [1.29, 1.82) is 0 Å². The maximum Gasteiger partial charge on any atom is 0.244 e. The Labute approximate surface area is 140 Å². The molecule has 0 spiro atoms.